The van der Waals surface area contributed by atoms with Gasteiger partial charge in [-0.1, -0.05) is 43.3 Å². The summed E-state index contributed by atoms with van der Waals surface area (Å²) in [6.07, 6.45) is 2.57. The van der Waals surface area contributed by atoms with Crippen molar-refractivity contribution in [3.05, 3.63) is 65.2 Å². The zero-order chi connectivity index (χ0) is 20.1. The lowest BCUT2D eigenvalue weighted by Gasteiger charge is -2.37. The number of nitrogens with zero attached hydrogens (tertiary/aromatic N) is 1. The van der Waals surface area contributed by atoms with Gasteiger partial charge in [0.05, 0.1) is 7.11 Å². The molecule has 3 rings (SSSR count). The monoisotopic (exact) mass is 383 g/mol. The molecule has 1 fully saturated rings. The molecule has 5 heteroatoms. The summed E-state index contributed by atoms with van der Waals surface area (Å²) in [5.74, 6) is -0.239. The van der Waals surface area contributed by atoms with Gasteiger partial charge in [0.15, 0.2) is 0 Å². The molecule has 0 aromatic heterocycles. The molecular weight excluding hydrogens is 354 g/mol. The number of phenolic OH excluding ortho intramolecular Hbond substituents is 1. The molecule has 150 valence electrons. The minimum Gasteiger partial charge on any atom is -0.507 e. The number of hydrogen-bond donors (Lipinski definition) is 2. The number of aromatic hydroxyl groups is 1. The van der Waals surface area contributed by atoms with Crippen molar-refractivity contribution in [2.75, 3.05) is 20.2 Å². The molecule has 0 spiro atoms. The zero-order valence-electron chi connectivity index (χ0n) is 16.5. The second-order valence-corrected chi connectivity index (χ2v) is 7.64. The summed E-state index contributed by atoms with van der Waals surface area (Å²) in [5.41, 5.74) is 2.30. The molecule has 28 heavy (non-hydrogen) atoms. The van der Waals surface area contributed by atoms with Crippen molar-refractivity contribution in [3.63, 3.8) is 0 Å². The Morgan fingerprint density at radius 1 is 1.18 bits per heavy atom. The van der Waals surface area contributed by atoms with Gasteiger partial charge in [-0.05, 0) is 48.4 Å². The van der Waals surface area contributed by atoms with Gasteiger partial charge in [-0.25, -0.2) is 4.79 Å². The molecule has 0 bridgehead atoms. The fourth-order valence-electron chi connectivity index (χ4n) is 3.97. The highest BCUT2D eigenvalue weighted by molar-refractivity contribution is 5.92. The molecule has 0 saturated carbocycles. The Kier molecular flexibility index (Phi) is 6.70. The number of aliphatic hydroxyl groups is 1. The Hall–Kier alpha value is -2.37. The van der Waals surface area contributed by atoms with Crippen LogP contribution < -0.4 is 0 Å². The van der Waals surface area contributed by atoms with E-state index in [1.54, 1.807) is 12.1 Å². The van der Waals surface area contributed by atoms with E-state index in [0.717, 1.165) is 37.9 Å². The quantitative estimate of drug-likeness (QED) is 0.747. The number of ether oxygens (including phenoxy) is 1. The maximum Gasteiger partial charge on any atom is 0.341 e. The largest absolute Gasteiger partial charge is 0.507 e. The normalized spacial score (nSPS) is 17.8. The van der Waals surface area contributed by atoms with E-state index >= 15 is 0 Å². The first-order valence-electron chi connectivity index (χ1n) is 9.87. The lowest BCUT2D eigenvalue weighted by Crippen LogP contribution is -2.44. The summed E-state index contributed by atoms with van der Waals surface area (Å²) < 4.78 is 4.72. The lowest BCUT2D eigenvalue weighted by molar-refractivity contribution is -0.0313. The number of phenols is 1. The Morgan fingerprint density at radius 3 is 2.50 bits per heavy atom. The third-order valence-electron chi connectivity index (χ3n) is 5.79. The summed E-state index contributed by atoms with van der Waals surface area (Å²) in [7, 11) is 1.28. The number of likely N-dealkylation sites (tertiary alicyclic amines) is 1. The van der Waals surface area contributed by atoms with E-state index in [2.05, 4.69) is 29.2 Å². The van der Waals surface area contributed by atoms with Crippen molar-refractivity contribution in [1.29, 1.82) is 0 Å². The van der Waals surface area contributed by atoms with Gasteiger partial charge in [-0.2, -0.15) is 0 Å². The number of benzene rings is 2. The smallest absolute Gasteiger partial charge is 0.341 e. The third-order valence-corrected chi connectivity index (χ3v) is 5.79. The van der Waals surface area contributed by atoms with Crippen LogP contribution in [0, 0.1) is 5.92 Å². The molecule has 5 nitrogen and oxygen atoms in total. The number of aliphatic hydroxyl groups excluding tert-OH is 1. The Morgan fingerprint density at radius 2 is 1.86 bits per heavy atom. The van der Waals surface area contributed by atoms with Crippen molar-refractivity contribution in [2.24, 2.45) is 5.92 Å². The van der Waals surface area contributed by atoms with Crippen LogP contribution in [-0.4, -0.2) is 47.5 Å². The van der Waals surface area contributed by atoms with Crippen LogP contribution in [0.3, 0.4) is 0 Å². The topological polar surface area (TPSA) is 70.0 Å². The van der Waals surface area contributed by atoms with Gasteiger partial charge in [-0.15, -0.1) is 0 Å². The maximum atomic E-state index is 11.8. The van der Waals surface area contributed by atoms with Crippen molar-refractivity contribution in [1.82, 2.24) is 4.90 Å². The van der Waals surface area contributed by atoms with Crippen molar-refractivity contribution in [2.45, 2.75) is 38.3 Å². The number of carbonyl (C=O) groups is 1. The molecule has 2 N–H and O–H groups in total. The third kappa shape index (κ3) is 4.72. The molecule has 2 aromatic rings. The summed E-state index contributed by atoms with van der Waals surface area (Å²) in [5, 5.41) is 20.8. The first-order valence-corrected chi connectivity index (χ1v) is 9.87. The molecule has 0 radical (unpaired) electrons. The summed E-state index contributed by atoms with van der Waals surface area (Å²) in [6, 6.07) is 15.4. The molecular formula is C23H29NO4. The van der Waals surface area contributed by atoms with Crippen molar-refractivity contribution < 1.29 is 19.7 Å². The standard InChI is InChI=1S/C23H29NO4/c1-16(19-8-9-21(25)20(15-19)23(27)28-2)22(26)24-12-10-18(11-13-24)14-17-6-4-3-5-7-17/h3-9,15-16,18,22,25-26H,10-14H2,1-2H3. The summed E-state index contributed by atoms with van der Waals surface area (Å²) in [4.78, 5) is 13.9. The molecule has 1 saturated heterocycles. The number of hydrogen-bond acceptors (Lipinski definition) is 5. The van der Waals surface area contributed by atoms with E-state index < -0.39 is 12.2 Å². The van der Waals surface area contributed by atoms with Crippen LogP contribution in [0.25, 0.3) is 0 Å². The van der Waals surface area contributed by atoms with Crippen LogP contribution in [-0.2, 0) is 11.2 Å². The van der Waals surface area contributed by atoms with E-state index in [1.165, 1.54) is 18.7 Å². The fourth-order valence-corrected chi connectivity index (χ4v) is 3.97. The van der Waals surface area contributed by atoms with Crippen LogP contribution in [0.15, 0.2) is 48.5 Å². The molecule has 1 aliphatic rings. The van der Waals surface area contributed by atoms with Crippen LogP contribution in [0.4, 0.5) is 0 Å². The van der Waals surface area contributed by atoms with E-state index in [9.17, 15) is 15.0 Å². The molecule has 2 atom stereocenters. The van der Waals surface area contributed by atoms with Gasteiger partial charge in [0.25, 0.3) is 0 Å². The number of piperidine rings is 1. The zero-order valence-corrected chi connectivity index (χ0v) is 16.5. The average molecular weight is 383 g/mol. The van der Waals surface area contributed by atoms with E-state index in [-0.39, 0.29) is 17.2 Å². The van der Waals surface area contributed by atoms with Crippen LogP contribution in [0.2, 0.25) is 0 Å². The molecule has 1 heterocycles. The molecule has 1 aliphatic heterocycles. The second-order valence-electron chi connectivity index (χ2n) is 7.64. The molecule has 2 aromatic carbocycles. The molecule has 0 aliphatic carbocycles. The number of esters is 1. The summed E-state index contributed by atoms with van der Waals surface area (Å²) in [6.45, 7) is 3.64. The van der Waals surface area contributed by atoms with Crippen molar-refractivity contribution >= 4 is 5.97 Å². The van der Waals surface area contributed by atoms with Gasteiger partial charge < -0.3 is 14.9 Å². The fraction of sp³-hybridized carbons (Fsp3) is 0.435. The number of carbonyl (C=O) groups excluding carboxylic acids is 1. The Labute approximate surface area is 166 Å². The maximum absolute atomic E-state index is 11.8. The van der Waals surface area contributed by atoms with Gasteiger partial charge >= 0.3 is 5.97 Å². The average Bonchev–Trinajstić information content (AvgIpc) is 2.74. The summed E-state index contributed by atoms with van der Waals surface area (Å²) >= 11 is 0. The van der Waals surface area contributed by atoms with Crippen LogP contribution >= 0.6 is 0 Å². The second kappa shape index (κ2) is 9.22. The predicted molar refractivity (Wildman–Crippen MR) is 108 cm³/mol. The van der Waals surface area contributed by atoms with E-state index in [0.29, 0.717) is 5.92 Å². The van der Waals surface area contributed by atoms with E-state index in [4.69, 9.17) is 4.74 Å². The highest BCUT2D eigenvalue weighted by atomic mass is 16.5. The van der Waals surface area contributed by atoms with Gasteiger partial charge in [0.2, 0.25) is 0 Å². The minimum absolute atomic E-state index is 0.112. The highest BCUT2D eigenvalue weighted by Crippen LogP contribution is 2.30. The molecule has 2 unspecified atom stereocenters. The van der Waals surface area contributed by atoms with Gasteiger partial charge in [0.1, 0.15) is 17.5 Å². The first kappa shape index (κ1) is 20.4. The van der Waals surface area contributed by atoms with Crippen LogP contribution in [0.1, 0.15) is 47.2 Å². The Bertz CT molecular complexity index is 784. The SMILES string of the molecule is COC(=O)c1cc(C(C)C(O)N2CCC(Cc3ccccc3)CC2)ccc1O. The molecule has 0 amide bonds. The van der Waals surface area contributed by atoms with Gasteiger partial charge in [0, 0.05) is 19.0 Å². The minimum atomic E-state index is -0.632. The lowest BCUT2D eigenvalue weighted by atomic mass is 9.89. The van der Waals surface area contributed by atoms with Crippen LogP contribution in [0.5, 0.6) is 5.75 Å². The Balaban J connectivity index is 1.60. The van der Waals surface area contributed by atoms with Gasteiger partial charge in [-0.3, -0.25) is 4.90 Å². The highest BCUT2D eigenvalue weighted by Gasteiger charge is 2.28. The predicted octanol–water partition coefficient (Wildman–Crippen LogP) is 3.56. The number of rotatable bonds is 6. The van der Waals surface area contributed by atoms with Crippen molar-refractivity contribution in [3.8, 4) is 5.75 Å². The van der Waals surface area contributed by atoms with E-state index in [1.807, 2.05) is 13.0 Å². The number of methoxy groups -OCH3 is 1. The first-order chi connectivity index (χ1) is 13.5.